The first-order valence-electron chi connectivity index (χ1n) is 5.04. The summed E-state index contributed by atoms with van der Waals surface area (Å²) >= 11 is 5.26. The molecule has 1 aliphatic heterocycles. The van der Waals surface area contributed by atoms with Crippen molar-refractivity contribution in [2.75, 3.05) is 26.7 Å². The molecule has 4 heteroatoms. The molecule has 0 saturated carbocycles. The lowest BCUT2D eigenvalue weighted by Crippen LogP contribution is -2.37. The van der Waals surface area contributed by atoms with Gasteiger partial charge in [0.05, 0.1) is 0 Å². The van der Waals surface area contributed by atoms with E-state index in [4.69, 9.17) is 11.6 Å². The van der Waals surface area contributed by atoms with Crippen LogP contribution in [0.5, 0.6) is 0 Å². The zero-order valence-corrected chi connectivity index (χ0v) is 9.90. The van der Waals surface area contributed by atoms with E-state index in [1.807, 2.05) is 0 Å². The van der Waals surface area contributed by atoms with E-state index in [1.54, 1.807) is 0 Å². The summed E-state index contributed by atoms with van der Waals surface area (Å²) in [6, 6.07) is 0. The maximum atomic E-state index is 10.6. The molecule has 82 valence electrons. The molecule has 0 aromatic rings. The maximum absolute atomic E-state index is 10.6. The molecule has 0 spiro atoms. The predicted molar refractivity (Wildman–Crippen MR) is 58.6 cm³/mol. The van der Waals surface area contributed by atoms with E-state index in [9.17, 15) is 4.79 Å². The standard InChI is InChI=1S/C10H19ClN2O/c1-10(2,7-12-9(11)14)8-4-5-13(3)6-8/h8H,4-7H2,1-3H3,(H,12,14). The van der Waals surface area contributed by atoms with E-state index in [-0.39, 0.29) is 5.41 Å². The molecule has 1 amide bonds. The molecule has 1 unspecified atom stereocenters. The first-order valence-corrected chi connectivity index (χ1v) is 5.41. The van der Waals surface area contributed by atoms with Crippen LogP contribution in [0.4, 0.5) is 4.79 Å². The number of hydrogen-bond donors (Lipinski definition) is 1. The fourth-order valence-corrected chi connectivity index (χ4v) is 2.08. The largest absolute Gasteiger partial charge is 0.342 e. The normalized spacial score (nSPS) is 23.9. The van der Waals surface area contributed by atoms with Gasteiger partial charge in [0.15, 0.2) is 0 Å². The molecule has 1 heterocycles. The fourth-order valence-electron chi connectivity index (χ4n) is 2.01. The zero-order valence-electron chi connectivity index (χ0n) is 9.14. The molecule has 1 N–H and O–H groups in total. The van der Waals surface area contributed by atoms with Gasteiger partial charge in [-0.1, -0.05) is 13.8 Å². The lowest BCUT2D eigenvalue weighted by atomic mass is 9.78. The minimum absolute atomic E-state index is 0.134. The van der Waals surface area contributed by atoms with Crippen LogP contribution in [-0.2, 0) is 0 Å². The summed E-state index contributed by atoms with van der Waals surface area (Å²) in [5.74, 6) is 0.649. The number of carbonyl (C=O) groups excluding carboxylic acids is 1. The van der Waals surface area contributed by atoms with Gasteiger partial charge < -0.3 is 10.2 Å². The molecule has 0 radical (unpaired) electrons. The zero-order chi connectivity index (χ0) is 10.8. The van der Waals surface area contributed by atoms with E-state index in [2.05, 4.69) is 31.1 Å². The molecule has 0 bridgehead atoms. The van der Waals surface area contributed by atoms with Crippen LogP contribution in [0.1, 0.15) is 20.3 Å². The van der Waals surface area contributed by atoms with Crippen molar-refractivity contribution in [1.29, 1.82) is 0 Å². The van der Waals surface area contributed by atoms with Crippen LogP contribution in [0.2, 0.25) is 0 Å². The van der Waals surface area contributed by atoms with E-state index >= 15 is 0 Å². The van der Waals surface area contributed by atoms with Crippen molar-refractivity contribution < 1.29 is 4.79 Å². The molecule has 0 aliphatic carbocycles. The maximum Gasteiger partial charge on any atom is 0.313 e. The van der Waals surface area contributed by atoms with Crippen molar-refractivity contribution in [3.05, 3.63) is 0 Å². The Kier molecular flexibility index (Phi) is 3.78. The quantitative estimate of drug-likeness (QED) is 0.580. The molecule has 1 aliphatic rings. The van der Waals surface area contributed by atoms with Gasteiger partial charge in [-0.25, -0.2) is 0 Å². The van der Waals surface area contributed by atoms with Gasteiger partial charge in [0.2, 0.25) is 0 Å². The van der Waals surface area contributed by atoms with Crippen LogP contribution in [0.25, 0.3) is 0 Å². The molecular weight excluding hydrogens is 200 g/mol. The predicted octanol–water partition coefficient (Wildman–Crippen LogP) is 1.91. The van der Waals surface area contributed by atoms with Crippen LogP contribution >= 0.6 is 11.6 Å². The van der Waals surface area contributed by atoms with E-state index in [0.717, 1.165) is 13.1 Å². The van der Waals surface area contributed by atoms with Crippen LogP contribution in [0.15, 0.2) is 0 Å². The topological polar surface area (TPSA) is 32.3 Å². The van der Waals surface area contributed by atoms with Crippen molar-refractivity contribution >= 4 is 17.0 Å². The van der Waals surface area contributed by atoms with Gasteiger partial charge in [0, 0.05) is 13.1 Å². The molecule has 1 rings (SSSR count). The number of amides is 1. The highest BCUT2D eigenvalue weighted by atomic mass is 35.5. The van der Waals surface area contributed by atoms with Gasteiger partial charge in [-0.2, -0.15) is 0 Å². The monoisotopic (exact) mass is 218 g/mol. The lowest BCUT2D eigenvalue weighted by molar-refractivity contribution is 0.205. The van der Waals surface area contributed by atoms with Crippen molar-refractivity contribution in [1.82, 2.24) is 10.2 Å². The van der Waals surface area contributed by atoms with Crippen LogP contribution in [0.3, 0.4) is 0 Å². The minimum Gasteiger partial charge on any atom is -0.342 e. The first kappa shape index (κ1) is 11.8. The number of hydrogen-bond acceptors (Lipinski definition) is 2. The Hall–Kier alpha value is -0.280. The van der Waals surface area contributed by atoms with Gasteiger partial charge in [0.25, 0.3) is 0 Å². The molecular formula is C10H19ClN2O. The summed E-state index contributed by atoms with van der Waals surface area (Å²) in [5.41, 5.74) is 0.134. The number of halogens is 1. The summed E-state index contributed by atoms with van der Waals surface area (Å²) < 4.78 is 0. The van der Waals surface area contributed by atoms with Gasteiger partial charge in [0.1, 0.15) is 0 Å². The Morgan fingerprint density at radius 2 is 2.29 bits per heavy atom. The number of nitrogens with one attached hydrogen (secondary N) is 1. The number of rotatable bonds is 3. The fraction of sp³-hybridized carbons (Fsp3) is 0.900. The second kappa shape index (κ2) is 4.49. The van der Waals surface area contributed by atoms with Gasteiger partial charge >= 0.3 is 5.37 Å². The molecule has 0 aromatic carbocycles. The molecule has 14 heavy (non-hydrogen) atoms. The summed E-state index contributed by atoms with van der Waals surface area (Å²) in [5, 5.41) is 2.23. The van der Waals surface area contributed by atoms with Crippen molar-refractivity contribution in [3.8, 4) is 0 Å². The third kappa shape index (κ3) is 3.14. The molecule has 3 nitrogen and oxygen atoms in total. The van der Waals surface area contributed by atoms with Crippen LogP contribution in [-0.4, -0.2) is 36.9 Å². The smallest absolute Gasteiger partial charge is 0.313 e. The molecule has 1 atom stereocenters. The molecule has 0 aromatic heterocycles. The van der Waals surface area contributed by atoms with Crippen molar-refractivity contribution in [2.45, 2.75) is 20.3 Å². The SMILES string of the molecule is CN1CCC(C(C)(C)CNC(=O)Cl)C1. The number of carbonyl (C=O) groups is 1. The third-order valence-electron chi connectivity index (χ3n) is 3.18. The Balaban J connectivity index is 2.43. The van der Waals surface area contributed by atoms with E-state index in [1.165, 1.54) is 6.42 Å². The second-order valence-corrected chi connectivity index (χ2v) is 5.21. The van der Waals surface area contributed by atoms with Gasteiger partial charge in [-0.15, -0.1) is 0 Å². The summed E-state index contributed by atoms with van der Waals surface area (Å²) in [6.07, 6.45) is 1.21. The van der Waals surface area contributed by atoms with E-state index in [0.29, 0.717) is 12.5 Å². The molecule has 1 saturated heterocycles. The van der Waals surface area contributed by atoms with Crippen molar-refractivity contribution in [3.63, 3.8) is 0 Å². The highest BCUT2D eigenvalue weighted by Crippen LogP contribution is 2.33. The Morgan fingerprint density at radius 3 is 2.71 bits per heavy atom. The van der Waals surface area contributed by atoms with Crippen LogP contribution in [0, 0.1) is 11.3 Å². The Labute approximate surface area is 90.8 Å². The average molecular weight is 219 g/mol. The van der Waals surface area contributed by atoms with Gasteiger partial charge in [-0.3, -0.25) is 4.79 Å². The highest BCUT2D eigenvalue weighted by Gasteiger charge is 2.33. The third-order valence-corrected chi connectivity index (χ3v) is 3.31. The molecule has 1 fully saturated rings. The second-order valence-electron chi connectivity index (χ2n) is 4.86. The summed E-state index contributed by atoms with van der Waals surface area (Å²) in [4.78, 5) is 12.9. The first-order chi connectivity index (χ1) is 6.42. The van der Waals surface area contributed by atoms with Crippen molar-refractivity contribution in [2.24, 2.45) is 11.3 Å². The number of likely N-dealkylation sites (tertiary alicyclic amines) is 1. The summed E-state index contributed by atoms with van der Waals surface area (Å²) in [6.45, 7) is 7.30. The lowest BCUT2D eigenvalue weighted by Gasteiger charge is -2.31. The minimum atomic E-state index is -0.454. The highest BCUT2D eigenvalue weighted by molar-refractivity contribution is 6.62. The van der Waals surface area contributed by atoms with E-state index < -0.39 is 5.37 Å². The Bertz CT molecular complexity index is 218. The summed E-state index contributed by atoms with van der Waals surface area (Å²) in [7, 11) is 2.14. The Morgan fingerprint density at radius 1 is 1.64 bits per heavy atom. The average Bonchev–Trinajstić information content (AvgIpc) is 2.49. The number of nitrogens with zero attached hydrogens (tertiary/aromatic N) is 1. The van der Waals surface area contributed by atoms with Crippen LogP contribution < -0.4 is 5.32 Å². The van der Waals surface area contributed by atoms with Gasteiger partial charge in [-0.05, 0) is 42.9 Å².